The van der Waals surface area contributed by atoms with Crippen molar-refractivity contribution in [2.24, 2.45) is 5.92 Å². The molecule has 2 nitrogen and oxygen atoms in total. The zero-order chi connectivity index (χ0) is 12.8. The van der Waals surface area contributed by atoms with Gasteiger partial charge in [0.25, 0.3) is 0 Å². The van der Waals surface area contributed by atoms with Crippen LogP contribution in [0.4, 0.5) is 0 Å². The lowest BCUT2D eigenvalue weighted by molar-refractivity contribution is -0.125. The first-order chi connectivity index (χ1) is 7.99. The molecule has 0 saturated carbocycles. The molecule has 0 saturated heterocycles. The molecule has 1 amide bonds. The molecule has 1 rings (SSSR count). The Morgan fingerprint density at radius 1 is 1.41 bits per heavy atom. The first kappa shape index (κ1) is 13.5. The van der Waals surface area contributed by atoms with E-state index in [1.807, 2.05) is 38.2 Å². The van der Waals surface area contributed by atoms with E-state index in [-0.39, 0.29) is 5.91 Å². The number of hydrogen-bond acceptors (Lipinski definition) is 1. The Hall–Kier alpha value is -1.57. The van der Waals surface area contributed by atoms with Gasteiger partial charge in [-0.05, 0) is 24.5 Å². The summed E-state index contributed by atoms with van der Waals surface area (Å²) in [5.74, 6) is 0.552. The maximum absolute atomic E-state index is 11.8. The number of carbonyl (C=O) groups excluding carboxylic acids is 1. The van der Waals surface area contributed by atoms with E-state index in [9.17, 15) is 4.79 Å². The molecule has 0 heterocycles. The van der Waals surface area contributed by atoms with E-state index >= 15 is 0 Å². The number of rotatable bonds is 4. The van der Waals surface area contributed by atoms with Crippen molar-refractivity contribution in [3.05, 3.63) is 41.5 Å². The van der Waals surface area contributed by atoms with Gasteiger partial charge in [-0.1, -0.05) is 43.7 Å². The average Bonchev–Trinajstić information content (AvgIpc) is 2.25. The Balaban J connectivity index is 2.62. The minimum Gasteiger partial charge on any atom is -0.342 e. The quantitative estimate of drug-likeness (QED) is 0.729. The molecule has 0 fully saturated rings. The van der Waals surface area contributed by atoms with Crippen LogP contribution in [-0.2, 0) is 4.79 Å². The zero-order valence-electron chi connectivity index (χ0n) is 11.1. The van der Waals surface area contributed by atoms with E-state index in [0.29, 0.717) is 5.92 Å². The fraction of sp³-hybridized carbons (Fsp3) is 0.400. The molecule has 1 aromatic carbocycles. The molecule has 0 N–H and O–H groups in total. The molecule has 0 spiro atoms. The lowest BCUT2D eigenvalue weighted by Gasteiger charge is -2.17. The average molecular weight is 231 g/mol. The van der Waals surface area contributed by atoms with Crippen molar-refractivity contribution in [3.8, 4) is 0 Å². The molecule has 92 valence electrons. The summed E-state index contributed by atoms with van der Waals surface area (Å²) >= 11 is 0. The predicted molar refractivity (Wildman–Crippen MR) is 72.7 cm³/mol. The summed E-state index contributed by atoms with van der Waals surface area (Å²) in [5.41, 5.74) is 2.27. The van der Waals surface area contributed by atoms with Crippen molar-refractivity contribution in [2.75, 3.05) is 13.6 Å². The highest BCUT2D eigenvalue weighted by Gasteiger charge is 2.06. The summed E-state index contributed by atoms with van der Waals surface area (Å²) < 4.78 is 0. The van der Waals surface area contributed by atoms with Crippen LogP contribution in [0.25, 0.3) is 6.08 Å². The van der Waals surface area contributed by atoms with Gasteiger partial charge in [0.2, 0.25) is 5.91 Å². The number of benzene rings is 1. The van der Waals surface area contributed by atoms with Gasteiger partial charge < -0.3 is 4.90 Å². The first-order valence-electron chi connectivity index (χ1n) is 5.99. The van der Waals surface area contributed by atoms with Crippen molar-refractivity contribution in [1.29, 1.82) is 0 Å². The van der Waals surface area contributed by atoms with Crippen LogP contribution in [0.2, 0.25) is 0 Å². The van der Waals surface area contributed by atoms with Crippen molar-refractivity contribution in [1.82, 2.24) is 4.90 Å². The van der Waals surface area contributed by atoms with Gasteiger partial charge in [0.1, 0.15) is 0 Å². The Labute approximate surface area is 104 Å². The van der Waals surface area contributed by atoms with Gasteiger partial charge in [0.15, 0.2) is 0 Å². The number of nitrogens with zero attached hydrogens (tertiary/aromatic N) is 1. The third kappa shape index (κ3) is 4.85. The maximum atomic E-state index is 11.8. The van der Waals surface area contributed by atoms with Crippen LogP contribution < -0.4 is 0 Å². The molecule has 17 heavy (non-hydrogen) atoms. The minimum absolute atomic E-state index is 0.0557. The predicted octanol–water partition coefficient (Wildman–Crippen LogP) is 3.12. The smallest absolute Gasteiger partial charge is 0.246 e. The van der Waals surface area contributed by atoms with Crippen LogP contribution in [0.15, 0.2) is 30.3 Å². The van der Waals surface area contributed by atoms with Crippen LogP contribution in [0.5, 0.6) is 0 Å². The van der Waals surface area contributed by atoms with Gasteiger partial charge in [-0.15, -0.1) is 0 Å². The van der Waals surface area contributed by atoms with Crippen molar-refractivity contribution >= 4 is 12.0 Å². The first-order valence-corrected chi connectivity index (χ1v) is 5.99. The molecular weight excluding hydrogens is 210 g/mol. The second kappa shape index (κ2) is 6.24. The lowest BCUT2D eigenvalue weighted by Crippen LogP contribution is -2.28. The molecule has 1 aromatic rings. The summed E-state index contributed by atoms with van der Waals surface area (Å²) in [4.78, 5) is 13.5. The Kier molecular flexibility index (Phi) is 4.95. The van der Waals surface area contributed by atoms with Crippen LogP contribution in [0, 0.1) is 12.8 Å². The molecule has 0 atom stereocenters. The topological polar surface area (TPSA) is 20.3 Å². The van der Waals surface area contributed by atoms with Crippen LogP contribution >= 0.6 is 0 Å². The summed E-state index contributed by atoms with van der Waals surface area (Å²) in [6, 6.07) is 8.10. The van der Waals surface area contributed by atoms with E-state index in [0.717, 1.165) is 12.1 Å². The molecular formula is C15H21NO. The fourth-order valence-corrected chi connectivity index (χ4v) is 1.71. The standard InChI is InChI=1S/C15H21NO/c1-12(2)11-16(4)15(17)9-8-14-7-5-6-13(3)10-14/h5-10,12H,11H2,1-4H3/b9-8+. The van der Waals surface area contributed by atoms with Crippen LogP contribution in [0.1, 0.15) is 25.0 Å². The molecule has 0 bridgehead atoms. The molecule has 0 aliphatic rings. The normalized spacial score (nSPS) is 11.1. The number of likely N-dealkylation sites (N-methyl/N-ethyl adjacent to an activating group) is 1. The van der Waals surface area contributed by atoms with Crippen molar-refractivity contribution in [3.63, 3.8) is 0 Å². The van der Waals surface area contributed by atoms with Crippen LogP contribution in [0.3, 0.4) is 0 Å². The molecule has 0 radical (unpaired) electrons. The van der Waals surface area contributed by atoms with Gasteiger partial charge >= 0.3 is 0 Å². The highest BCUT2D eigenvalue weighted by molar-refractivity contribution is 5.91. The molecule has 2 heteroatoms. The van der Waals surface area contributed by atoms with Crippen molar-refractivity contribution in [2.45, 2.75) is 20.8 Å². The van der Waals surface area contributed by atoms with E-state index < -0.39 is 0 Å². The highest BCUT2D eigenvalue weighted by Crippen LogP contribution is 2.06. The number of amides is 1. The molecule has 0 aliphatic heterocycles. The molecule has 0 unspecified atom stereocenters. The third-order valence-electron chi connectivity index (χ3n) is 2.48. The number of aryl methyl sites for hydroxylation is 1. The van der Waals surface area contributed by atoms with E-state index in [1.165, 1.54) is 5.56 Å². The minimum atomic E-state index is 0.0557. The third-order valence-corrected chi connectivity index (χ3v) is 2.48. The zero-order valence-corrected chi connectivity index (χ0v) is 11.1. The van der Waals surface area contributed by atoms with Crippen LogP contribution in [-0.4, -0.2) is 24.4 Å². The SMILES string of the molecule is Cc1cccc(/C=C/C(=O)N(C)CC(C)C)c1. The van der Waals surface area contributed by atoms with Crippen molar-refractivity contribution < 1.29 is 4.79 Å². The maximum Gasteiger partial charge on any atom is 0.246 e. The van der Waals surface area contributed by atoms with E-state index in [1.54, 1.807) is 11.0 Å². The Morgan fingerprint density at radius 3 is 2.71 bits per heavy atom. The number of carbonyl (C=O) groups is 1. The summed E-state index contributed by atoms with van der Waals surface area (Å²) in [7, 11) is 1.84. The lowest BCUT2D eigenvalue weighted by atomic mass is 10.1. The van der Waals surface area contributed by atoms with E-state index in [4.69, 9.17) is 0 Å². The fourth-order valence-electron chi connectivity index (χ4n) is 1.71. The summed E-state index contributed by atoms with van der Waals surface area (Å²) in [6.45, 7) is 7.04. The molecule has 0 aromatic heterocycles. The van der Waals surface area contributed by atoms with Gasteiger partial charge in [-0.3, -0.25) is 4.79 Å². The Bertz CT molecular complexity index is 407. The van der Waals surface area contributed by atoms with Gasteiger partial charge in [0, 0.05) is 19.7 Å². The summed E-state index contributed by atoms with van der Waals surface area (Å²) in [5, 5.41) is 0. The van der Waals surface area contributed by atoms with Gasteiger partial charge in [-0.2, -0.15) is 0 Å². The molecule has 0 aliphatic carbocycles. The largest absolute Gasteiger partial charge is 0.342 e. The van der Waals surface area contributed by atoms with Gasteiger partial charge in [-0.25, -0.2) is 0 Å². The second-order valence-electron chi connectivity index (χ2n) is 4.86. The Morgan fingerprint density at radius 2 is 2.12 bits per heavy atom. The monoisotopic (exact) mass is 231 g/mol. The highest BCUT2D eigenvalue weighted by atomic mass is 16.2. The summed E-state index contributed by atoms with van der Waals surface area (Å²) in [6.07, 6.45) is 3.50. The van der Waals surface area contributed by atoms with Gasteiger partial charge in [0.05, 0.1) is 0 Å². The van der Waals surface area contributed by atoms with E-state index in [2.05, 4.69) is 19.9 Å². The number of hydrogen-bond donors (Lipinski definition) is 0. The second-order valence-corrected chi connectivity index (χ2v) is 4.86.